The van der Waals surface area contributed by atoms with E-state index in [1.807, 2.05) is 0 Å². The Morgan fingerprint density at radius 1 is 0.974 bits per heavy atom. The van der Waals surface area contributed by atoms with Gasteiger partial charge in [0.25, 0.3) is 0 Å². The molecule has 0 saturated carbocycles. The normalized spacial score (nSPS) is 19.1. The van der Waals surface area contributed by atoms with Gasteiger partial charge in [-0.3, -0.25) is 24.0 Å². The molecule has 0 spiro atoms. The van der Waals surface area contributed by atoms with Gasteiger partial charge in [0.15, 0.2) is 0 Å². The minimum Gasteiger partial charge on any atom is -0.480 e. The van der Waals surface area contributed by atoms with Gasteiger partial charge in [-0.25, -0.2) is 4.79 Å². The van der Waals surface area contributed by atoms with Crippen molar-refractivity contribution in [3.05, 3.63) is 0 Å². The van der Waals surface area contributed by atoms with Gasteiger partial charge in [-0.05, 0) is 45.1 Å². The molecule has 0 bridgehead atoms. The molecule has 15 nitrogen and oxygen atoms in total. The van der Waals surface area contributed by atoms with Gasteiger partial charge >= 0.3 is 5.97 Å². The highest BCUT2D eigenvalue weighted by Crippen LogP contribution is 2.19. The van der Waals surface area contributed by atoms with E-state index in [0.29, 0.717) is 12.8 Å². The standard InChI is InChI=1S/C23H41N7O8/c1-11(2)18(29-19(33)13(6-4-8-24)27-20(34)17(26)12(3)31)21(35)28-14(10-16(25)32)22(36)30-9-5-7-15(30)23(37)38/h11-15,17-18,31H,4-10,24,26H2,1-3H3,(H2,25,32)(H,27,34)(H,28,35)(H,29,33)(H,37,38)/t12-,13+,14+,15+,17+,18+/m1/s1. The number of carboxylic acids is 1. The van der Waals surface area contributed by atoms with E-state index in [9.17, 15) is 39.0 Å². The summed E-state index contributed by atoms with van der Waals surface area (Å²) in [5.41, 5.74) is 16.4. The van der Waals surface area contributed by atoms with Crippen LogP contribution in [0.5, 0.6) is 0 Å². The third-order valence-corrected chi connectivity index (χ3v) is 6.24. The minimum atomic E-state index is -1.44. The van der Waals surface area contributed by atoms with E-state index in [4.69, 9.17) is 17.2 Å². The molecule has 1 heterocycles. The average Bonchev–Trinajstić information content (AvgIpc) is 3.33. The monoisotopic (exact) mass is 543 g/mol. The number of carbonyl (C=O) groups is 6. The van der Waals surface area contributed by atoms with Crippen molar-refractivity contribution >= 4 is 35.5 Å². The molecule has 38 heavy (non-hydrogen) atoms. The number of primary amides is 1. The van der Waals surface area contributed by atoms with Gasteiger partial charge < -0.3 is 48.3 Å². The second-order valence-corrected chi connectivity index (χ2v) is 9.75. The number of nitrogens with one attached hydrogen (secondary N) is 3. The summed E-state index contributed by atoms with van der Waals surface area (Å²) in [5, 5.41) is 26.4. The van der Waals surface area contributed by atoms with Crippen LogP contribution in [0, 0.1) is 5.92 Å². The zero-order chi connectivity index (χ0) is 29.2. The van der Waals surface area contributed by atoms with E-state index >= 15 is 0 Å². The number of nitrogens with zero attached hydrogens (tertiary/aromatic N) is 1. The Labute approximate surface area is 221 Å². The van der Waals surface area contributed by atoms with Crippen LogP contribution in [0.25, 0.3) is 0 Å². The van der Waals surface area contributed by atoms with Gasteiger partial charge in [0.2, 0.25) is 29.5 Å². The molecule has 5 amide bonds. The molecule has 1 aliphatic rings. The van der Waals surface area contributed by atoms with E-state index in [0.717, 1.165) is 4.90 Å². The van der Waals surface area contributed by atoms with Crippen LogP contribution >= 0.6 is 0 Å². The van der Waals surface area contributed by atoms with Crippen molar-refractivity contribution in [1.82, 2.24) is 20.9 Å². The molecule has 1 aliphatic heterocycles. The Kier molecular flexibility index (Phi) is 13.1. The highest BCUT2D eigenvalue weighted by atomic mass is 16.4. The van der Waals surface area contributed by atoms with Crippen LogP contribution in [0.3, 0.4) is 0 Å². The largest absolute Gasteiger partial charge is 0.480 e. The highest BCUT2D eigenvalue weighted by Gasteiger charge is 2.39. The fourth-order valence-electron chi connectivity index (χ4n) is 4.02. The molecular formula is C23H41N7O8. The maximum Gasteiger partial charge on any atom is 0.326 e. The summed E-state index contributed by atoms with van der Waals surface area (Å²) < 4.78 is 0. The molecule has 15 heteroatoms. The SMILES string of the molecule is CC(C)[C@H](NC(=O)[C@H](CCCN)NC(=O)[C@@H](N)[C@@H](C)O)C(=O)N[C@@H](CC(N)=O)C(=O)N1CCC[C@H]1C(=O)O. The van der Waals surface area contributed by atoms with Crippen molar-refractivity contribution in [1.29, 1.82) is 0 Å². The molecule has 0 aromatic heterocycles. The Morgan fingerprint density at radius 2 is 1.58 bits per heavy atom. The molecular weight excluding hydrogens is 502 g/mol. The molecule has 1 saturated heterocycles. The van der Waals surface area contributed by atoms with Crippen molar-refractivity contribution in [3.63, 3.8) is 0 Å². The Hall–Kier alpha value is -3.30. The van der Waals surface area contributed by atoms with Crippen LogP contribution in [0.15, 0.2) is 0 Å². The van der Waals surface area contributed by atoms with Crippen LogP contribution in [-0.4, -0.2) is 100 Å². The number of nitrogens with two attached hydrogens (primary N) is 3. The number of aliphatic hydroxyl groups is 1. The van der Waals surface area contributed by atoms with Gasteiger partial charge in [-0.2, -0.15) is 0 Å². The Bertz CT molecular complexity index is 882. The first-order valence-corrected chi connectivity index (χ1v) is 12.6. The first-order chi connectivity index (χ1) is 17.7. The molecule has 11 N–H and O–H groups in total. The van der Waals surface area contributed by atoms with Gasteiger partial charge in [0.05, 0.1) is 12.5 Å². The molecule has 216 valence electrons. The second kappa shape index (κ2) is 15.2. The first kappa shape index (κ1) is 32.7. The molecule has 0 aliphatic carbocycles. The van der Waals surface area contributed by atoms with Crippen LogP contribution < -0.4 is 33.2 Å². The molecule has 0 aromatic rings. The van der Waals surface area contributed by atoms with Crippen molar-refractivity contribution in [2.24, 2.45) is 23.1 Å². The average molecular weight is 544 g/mol. The second-order valence-electron chi connectivity index (χ2n) is 9.75. The third kappa shape index (κ3) is 9.54. The number of carboxylic acid groups (broad SMARTS) is 1. The number of carbonyl (C=O) groups excluding carboxylic acids is 5. The lowest BCUT2D eigenvalue weighted by Crippen LogP contribution is -2.60. The summed E-state index contributed by atoms with van der Waals surface area (Å²) in [6.07, 6.45) is -0.577. The fraction of sp³-hybridized carbons (Fsp3) is 0.739. The highest BCUT2D eigenvalue weighted by molar-refractivity contribution is 5.97. The Balaban J connectivity index is 3.07. The van der Waals surface area contributed by atoms with Crippen LogP contribution in [0.2, 0.25) is 0 Å². The summed E-state index contributed by atoms with van der Waals surface area (Å²) in [6.45, 7) is 4.95. The van der Waals surface area contributed by atoms with E-state index in [2.05, 4.69) is 16.0 Å². The van der Waals surface area contributed by atoms with Crippen LogP contribution in [-0.2, 0) is 28.8 Å². The lowest BCUT2D eigenvalue weighted by molar-refractivity contribution is -0.149. The third-order valence-electron chi connectivity index (χ3n) is 6.24. The lowest BCUT2D eigenvalue weighted by Gasteiger charge is -2.30. The van der Waals surface area contributed by atoms with Crippen molar-refractivity contribution in [2.45, 2.75) is 89.2 Å². The molecule has 0 radical (unpaired) electrons. The van der Waals surface area contributed by atoms with Crippen LogP contribution in [0.4, 0.5) is 0 Å². The zero-order valence-electron chi connectivity index (χ0n) is 22.0. The summed E-state index contributed by atoms with van der Waals surface area (Å²) >= 11 is 0. The first-order valence-electron chi connectivity index (χ1n) is 12.6. The van der Waals surface area contributed by atoms with E-state index in [-0.39, 0.29) is 25.9 Å². The molecule has 0 aromatic carbocycles. The van der Waals surface area contributed by atoms with E-state index in [1.54, 1.807) is 13.8 Å². The number of aliphatic carboxylic acids is 1. The minimum absolute atomic E-state index is 0.126. The number of amides is 5. The van der Waals surface area contributed by atoms with E-state index in [1.165, 1.54) is 6.92 Å². The predicted octanol–water partition coefficient (Wildman–Crippen LogP) is -3.51. The molecule has 0 unspecified atom stereocenters. The summed E-state index contributed by atoms with van der Waals surface area (Å²) in [5.74, 6) is -5.64. The number of hydrogen-bond acceptors (Lipinski definition) is 9. The van der Waals surface area contributed by atoms with Gasteiger partial charge in [0.1, 0.15) is 30.2 Å². The quantitative estimate of drug-likeness (QED) is 0.101. The number of rotatable bonds is 15. The maximum absolute atomic E-state index is 13.2. The lowest BCUT2D eigenvalue weighted by atomic mass is 10.0. The van der Waals surface area contributed by atoms with Gasteiger partial charge in [-0.15, -0.1) is 0 Å². The topological polar surface area (TPSA) is 260 Å². The predicted molar refractivity (Wildman–Crippen MR) is 135 cm³/mol. The fourth-order valence-corrected chi connectivity index (χ4v) is 4.02. The van der Waals surface area contributed by atoms with Gasteiger partial charge in [-0.1, -0.05) is 13.8 Å². The van der Waals surface area contributed by atoms with Crippen molar-refractivity contribution in [3.8, 4) is 0 Å². The number of likely N-dealkylation sites (tertiary alicyclic amines) is 1. The zero-order valence-corrected chi connectivity index (χ0v) is 22.0. The summed E-state index contributed by atoms with van der Waals surface area (Å²) in [6, 6.07) is -6.12. The number of hydrogen-bond donors (Lipinski definition) is 8. The Morgan fingerprint density at radius 3 is 2.08 bits per heavy atom. The van der Waals surface area contributed by atoms with Crippen molar-refractivity contribution < 1.29 is 39.0 Å². The van der Waals surface area contributed by atoms with E-state index < -0.39 is 84.2 Å². The molecule has 1 rings (SSSR count). The van der Waals surface area contributed by atoms with Crippen molar-refractivity contribution in [2.75, 3.05) is 13.1 Å². The molecule has 6 atom stereocenters. The maximum atomic E-state index is 13.2. The summed E-state index contributed by atoms with van der Waals surface area (Å²) in [4.78, 5) is 75.9. The smallest absolute Gasteiger partial charge is 0.326 e. The number of aliphatic hydroxyl groups excluding tert-OH is 1. The molecule has 1 fully saturated rings. The van der Waals surface area contributed by atoms with Crippen LogP contribution in [0.1, 0.15) is 52.9 Å². The summed E-state index contributed by atoms with van der Waals surface area (Å²) in [7, 11) is 0. The van der Waals surface area contributed by atoms with Gasteiger partial charge in [0, 0.05) is 6.54 Å².